The second-order valence-electron chi connectivity index (χ2n) is 6.36. The fourth-order valence-corrected chi connectivity index (χ4v) is 3.78. The van der Waals surface area contributed by atoms with E-state index in [9.17, 15) is 4.79 Å². The molecule has 1 aromatic rings. The zero-order chi connectivity index (χ0) is 16.2. The minimum atomic E-state index is -0.184. The van der Waals surface area contributed by atoms with Crippen LogP contribution < -0.4 is 10.6 Å². The number of benzene rings is 1. The van der Waals surface area contributed by atoms with Gasteiger partial charge in [-0.3, -0.25) is 0 Å². The molecule has 124 valence electrons. The van der Waals surface area contributed by atoms with E-state index in [1.165, 1.54) is 42.4 Å². The number of amides is 2. The van der Waals surface area contributed by atoms with Crippen molar-refractivity contribution in [3.63, 3.8) is 0 Å². The van der Waals surface area contributed by atoms with Crippen molar-refractivity contribution in [2.45, 2.75) is 51.9 Å². The van der Waals surface area contributed by atoms with Gasteiger partial charge >= 0.3 is 6.03 Å². The minimum absolute atomic E-state index is 0.184. The van der Waals surface area contributed by atoms with Gasteiger partial charge in [0.25, 0.3) is 0 Å². The number of ether oxygens (including phenoxy) is 1. The maximum absolute atomic E-state index is 12.2. The first-order valence-electron chi connectivity index (χ1n) is 8.71. The van der Waals surface area contributed by atoms with Crippen LogP contribution in [0.4, 0.5) is 10.5 Å². The highest BCUT2D eigenvalue weighted by molar-refractivity contribution is 5.91. The molecule has 0 heterocycles. The smallest absolute Gasteiger partial charge is 0.319 e. The Kier molecular flexibility index (Phi) is 4.89. The predicted molar refractivity (Wildman–Crippen MR) is 92.9 cm³/mol. The van der Waals surface area contributed by atoms with Crippen LogP contribution in [0.3, 0.4) is 0 Å². The molecule has 4 nitrogen and oxygen atoms in total. The van der Waals surface area contributed by atoms with Crippen LogP contribution in [0.2, 0.25) is 0 Å². The van der Waals surface area contributed by atoms with Gasteiger partial charge in [-0.05, 0) is 80.2 Å². The van der Waals surface area contributed by atoms with Crippen LogP contribution >= 0.6 is 0 Å². The molecule has 2 N–H and O–H groups in total. The third-order valence-corrected chi connectivity index (χ3v) is 4.78. The third kappa shape index (κ3) is 3.52. The Morgan fingerprint density at radius 2 is 1.87 bits per heavy atom. The molecule has 3 rings (SSSR count). The van der Waals surface area contributed by atoms with E-state index in [0.29, 0.717) is 18.9 Å². The highest BCUT2D eigenvalue weighted by atomic mass is 16.5. The second-order valence-corrected chi connectivity index (χ2v) is 6.36. The first-order chi connectivity index (χ1) is 11.2. The maximum atomic E-state index is 12.2. The number of anilines is 1. The van der Waals surface area contributed by atoms with Gasteiger partial charge in [-0.25, -0.2) is 4.79 Å². The molecule has 0 aromatic heterocycles. The number of carbonyl (C=O) groups excluding carboxylic acids is 1. The largest absolute Gasteiger partial charge is 0.497 e. The Labute approximate surface area is 138 Å². The van der Waals surface area contributed by atoms with Gasteiger partial charge in [-0.1, -0.05) is 6.58 Å². The summed E-state index contributed by atoms with van der Waals surface area (Å²) >= 11 is 0. The molecule has 2 aliphatic rings. The van der Waals surface area contributed by atoms with Crippen molar-refractivity contribution in [1.82, 2.24) is 5.32 Å². The van der Waals surface area contributed by atoms with Crippen LogP contribution in [0.5, 0.6) is 0 Å². The van der Waals surface area contributed by atoms with E-state index in [1.807, 2.05) is 6.92 Å². The van der Waals surface area contributed by atoms with Gasteiger partial charge in [0, 0.05) is 5.69 Å². The van der Waals surface area contributed by atoms with Gasteiger partial charge in [0.2, 0.25) is 0 Å². The van der Waals surface area contributed by atoms with E-state index in [1.54, 1.807) is 5.56 Å². The third-order valence-electron chi connectivity index (χ3n) is 4.78. The van der Waals surface area contributed by atoms with Crippen LogP contribution in [-0.2, 0) is 30.4 Å². The first-order valence-corrected chi connectivity index (χ1v) is 8.71. The fourth-order valence-electron chi connectivity index (χ4n) is 3.78. The Balaban J connectivity index is 1.73. The van der Waals surface area contributed by atoms with Gasteiger partial charge in [-0.15, -0.1) is 0 Å². The lowest BCUT2D eigenvalue weighted by Crippen LogP contribution is -2.31. The van der Waals surface area contributed by atoms with E-state index in [-0.39, 0.29) is 6.03 Å². The van der Waals surface area contributed by atoms with Crippen LogP contribution in [-0.4, -0.2) is 19.2 Å². The lowest BCUT2D eigenvalue weighted by molar-refractivity contribution is 0.219. The molecular formula is C19H26N2O2. The summed E-state index contributed by atoms with van der Waals surface area (Å²) in [5, 5.41) is 5.87. The Morgan fingerprint density at radius 1 is 1.13 bits per heavy atom. The van der Waals surface area contributed by atoms with Crippen molar-refractivity contribution in [2.75, 3.05) is 18.5 Å². The van der Waals surface area contributed by atoms with Crippen LogP contribution in [0.15, 0.2) is 18.4 Å². The van der Waals surface area contributed by atoms with E-state index >= 15 is 0 Å². The summed E-state index contributed by atoms with van der Waals surface area (Å²) < 4.78 is 5.26. The average molecular weight is 314 g/mol. The number of hydrogen-bond donors (Lipinski definition) is 2. The van der Waals surface area contributed by atoms with E-state index in [4.69, 9.17) is 4.74 Å². The number of urea groups is 1. The normalized spacial score (nSPS) is 15.5. The molecule has 23 heavy (non-hydrogen) atoms. The molecule has 0 atom stereocenters. The van der Waals surface area contributed by atoms with Gasteiger partial charge in [-0.2, -0.15) is 0 Å². The highest BCUT2D eigenvalue weighted by Gasteiger charge is 2.23. The zero-order valence-corrected chi connectivity index (χ0v) is 14.0. The molecule has 2 aliphatic carbocycles. The standard InChI is InChI=1S/C19H26N2O2/c1-3-23-13(2)12-20-19(22)21-18-11-14-7-6-10-15(14)16-8-4-5-9-17(16)18/h11H,2-10,12H2,1H3,(H2,20,21,22). The number of nitrogens with one attached hydrogen (secondary N) is 2. The molecule has 2 amide bonds. The van der Waals surface area contributed by atoms with Gasteiger partial charge < -0.3 is 15.4 Å². The summed E-state index contributed by atoms with van der Waals surface area (Å²) in [5.41, 5.74) is 6.87. The van der Waals surface area contributed by atoms with Crippen molar-refractivity contribution in [3.05, 3.63) is 40.7 Å². The number of rotatable bonds is 5. The molecule has 0 radical (unpaired) electrons. The van der Waals surface area contributed by atoms with Crippen LogP contribution in [0.25, 0.3) is 0 Å². The summed E-state index contributed by atoms with van der Waals surface area (Å²) in [6, 6.07) is 2.01. The van der Waals surface area contributed by atoms with Crippen molar-refractivity contribution >= 4 is 11.7 Å². The molecule has 0 fully saturated rings. The van der Waals surface area contributed by atoms with Crippen molar-refractivity contribution in [1.29, 1.82) is 0 Å². The molecule has 0 unspecified atom stereocenters. The predicted octanol–water partition coefficient (Wildman–Crippen LogP) is 3.73. The second kappa shape index (κ2) is 7.07. The quantitative estimate of drug-likeness (QED) is 0.814. The number of fused-ring (bicyclic) bond motifs is 3. The fraction of sp³-hybridized carbons (Fsp3) is 0.526. The van der Waals surface area contributed by atoms with Crippen LogP contribution in [0, 0.1) is 0 Å². The van der Waals surface area contributed by atoms with Gasteiger partial charge in [0.1, 0.15) is 5.76 Å². The Hall–Kier alpha value is -1.97. The summed E-state index contributed by atoms with van der Waals surface area (Å²) in [6.07, 6.45) is 8.30. The van der Waals surface area contributed by atoms with E-state index < -0.39 is 0 Å². The van der Waals surface area contributed by atoms with Crippen molar-refractivity contribution < 1.29 is 9.53 Å². The van der Waals surface area contributed by atoms with Gasteiger partial charge in [0.05, 0.1) is 13.2 Å². The molecule has 0 spiro atoms. The Bertz CT molecular complexity index is 622. The van der Waals surface area contributed by atoms with E-state index in [0.717, 1.165) is 24.9 Å². The molecule has 0 saturated carbocycles. The number of hydrogen-bond acceptors (Lipinski definition) is 2. The summed E-state index contributed by atoms with van der Waals surface area (Å²) in [4.78, 5) is 12.2. The number of carbonyl (C=O) groups is 1. The van der Waals surface area contributed by atoms with Crippen molar-refractivity contribution in [2.24, 2.45) is 0 Å². The first kappa shape index (κ1) is 15.9. The molecular weight excluding hydrogens is 288 g/mol. The van der Waals surface area contributed by atoms with Crippen LogP contribution in [0.1, 0.15) is 48.4 Å². The SMILES string of the molecule is C=C(CNC(=O)Nc1cc2c(c3c1CCCC3)CCC2)OCC. The summed E-state index contributed by atoms with van der Waals surface area (Å²) in [6.45, 7) is 6.59. The van der Waals surface area contributed by atoms with Crippen molar-refractivity contribution in [3.8, 4) is 0 Å². The lowest BCUT2D eigenvalue weighted by atomic mass is 9.85. The molecule has 1 aromatic carbocycles. The van der Waals surface area contributed by atoms with Gasteiger partial charge in [0.15, 0.2) is 0 Å². The summed E-state index contributed by atoms with van der Waals surface area (Å²) in [5.74, 6) is 0.582. The zero-order valence-electron chi connectivity index (χ0n) is 14.0. The number of aryl methyl sites for hydroxylation is 1. The monoisotopic (exact) mass is 314 g/mol. The molecule has 0 aliphatic heterocycles. The average Bonchev–Trinajstić information content (AvgIpc) is 3.02. The van der Waals surface area contributed by atoms with E-state index in [2.05, 4.69) is 23.3 Å². The maximum Gasteiger partial charge on any atom is 0.319 e. The lowest BCUT2D eigenvalue weighted by Gasteiger charge is -2.23. The molecule has 4 heteroatoms. The Morgan fingerprint density at radius 3 is 2.65 bits per heavy atom. The minimum Gasteiger partial charge on any atom is -0.497 e. The summed E-state index contributed by atoms with van der Waals surface area (Å²) in [7, 11) is 0. The molecule has 0 saturated heterocycles. The topological polar surface area (TPSA) is 50.4 Å². The highest BCUT2D eigenvalue weighted by Crippen LogP contribution is 2.37. The molecule has 0 bridgehead atoms.